The van der Waals surface area contributed by atoms with Crippen molar-refractivity contribution < 1.29 is 9.59 Å². The van der Waals surface area contributed by atoms with Gasteiger partial charge in [-0.05, 0) is 67.2 Å². The van der Waals surface area contributed by atoms with Gasteiger partial charge in [0.1, 0.15) is 0 Å². The second-order valence-electron chi connectivity index (χ2n) is 7.30. The van der Waals surface area contributed by atoms with E-state index in [1.54, 1.807) is 36.0 Å². The minimum Gasteiger partial charge on any atom is -0.355 e. The fourth-order valence-corrected chi connectivity index (χ4v) is 3.63. The van der Waals surface area contributed by atoms with E-state index in [2.05, 4.69) is 22.7 Å². The predicted octanol–water partition coefficient (Wildman–Crippen LogP) is 4.92. The molecule has 168 valence electrons. The lowest BCUT2D eigenvalue weighted by Crippen LogP contribution is -2.18. The average Bonchev–Trinajstić information content (AvgIpc) is 3.12. The van der Waals surface area contributed by atoms with Crippen molar-refractivity contribution in [3.63, 3.8) is 0 Å². The molecule has 1 aromatic heterocycles. The first-order valence-electron chi connectivity index (χ1n) is 10.5. The summed E-state index contributed by atoms with van der Waals surface area (Å²) in [5, 5.41) is 10.8. The summed E-state index contributed by atoms with van der Waals surface area (Å²) in [6, 6.07) is 14.2. The highest BCUT2D eigenvalue weighted by atomic mass is 35.5. The Balaban J connectivity index is 1.71. The van der Waals surface area contributed by atoms with Gasteiger partial charge in [-0.15, -0.1) is 0 Å². The Morgan fingerprint density at radius 3 is 2.38 bits per heavy atom. The van der Waals surface area contributed by atoms with Gasteiger partial charge in [-0.2, -0.15) is 5.10 Å². The van der Waals surface area contributed by atoms with Crippen molar-refractivity contribution in [2.45, 2.75) is 39.3 Å². The molecule has 0 saturated carbocycles. The highest BCUT2D eigenvalue weighted by Crippen LogP contribution is 2.22. The zero-order valence-corrected chi connectivity index (χ0v) is 19.7. The number of hydrogen-bond acceptors (Lipinski definition) is 4. The summed E-state index contributed by atoms with van der Waals surface area (Å²) in [6.07, 6.45) is 2.23. The van der Waals surface area contributed by atoms with E-state index in [-0.39, 0.29) is 18.2 Å². The van der Waals surface area contributed by atoms with Crippen LogP contribution in [0.3, 0.4) is 0 Å². The quantitative estimate of drug-likeness (QED) is 0.434. The molecule has 2 N–H and O–H groups in total. The number of aromatic nitrogens is 3. The van der Waals surface area contributed by atoms with E-state index in [0.717, 1.165) is 30.8 Å². The first kappa shape index (κ1) is 23.7. The average molecular weight is 472 g/mol. The molecule has 0 saturated heterocycles. The number of halogens is 1. The Bertz CT molecular complexity index is 1140. The third-order valence-corrected chi connectivity index (χ3v) is 5.65. The fraction of sp³-hybridized carbons (Fsp3) is 0.304. The molecule has 0 aliphatic carbocycles. The lowest BCUT2D eigenvalue weighted by Gasteiger charge is -2.06. The molecule has 2 aromatic carbocycles. The number of hydrogen-bond donors (Lipinski definition) is 2. The molecule has 1 heterocycles. The zero-order chi connectivity index (χ0) is 23.1. The second-order valence-corrected chi connectivity index (χ2v) is 8.10. The summed E-state index contributed by atoms with van der Waals surface area (Å²) in [5.41, 5.74) is 2.08. The Kier molecular flexibility index (Phi) is 8.19. The molecule has 0 spiro atoms. The molecule has 3 aromatic rings. The number of rotatable bonds is 9. The van der Waals surface area contributed by atoms with Gasteiger partial charge in [0, 0.05) is 41.9 Å². The SMILES string of the molecule is CCCCn1c(-c2ccc(Cl)cc2)nn(CCC(=O)Nc2ccc(C(=O)NC)cc2)c1=S. The van der Waals surface area contributed by atoms with Gasteiger partial charge in [0.25, 0.3) is 5.91 Å². The molecular formula is C23H26ClN5O2S. The van der Waals surface area contributed by atoms with Crippen molar-refractivity contribution in [2.75, 3.05) is 12.4 Å². The van der Waals surface area contributed by atoms with Crippen LogP contribution in [0.2, 0.25) is 5.02 Å². The Hall–Kier alpha value is -2.97. The lowest BCUT2D eigenvalue weighted by molar-refractivity contribution is -0.116. The van der Waals surface area contributed by atoms with Crippen molar-refractivity contribution in [3.8, 4) is 11.4 Å². The summed E-state index contributed by atoms with van der Waals surface area (Å²) in [6.45, 7) is 3.25. The van der Waals surface area contributed by atoms with E-state index in [4.69, 9.17) is 23.8 Å². The Morgan fingerprint density at radius 2 is 1.75 bits per heavy atom. The van der Waals surface area contributed by atoms with E-state index < -0.39 is 0 Å². The van der Waals surface area contributed by atoms with Crippen molar-refractivity contribution in [3.05, 3.63) is 63.9 Å². The number of nitrogens with zero attached hydrogens (tertiary/aromatic N) is 3. The molecular weight excluding hydrogens is 446 g/mol. The zero-order valence-electron chi connectivity index (χ0n) is 18.1. The lowest BCUT2D eigenvalue weighted by atomic mass is 10.2. The number of nitrogens with one attached hydrogen (secondary N) is 2. The number of unbranched alkanes of at least 4 members (excludes halogenated alkanes) is 1. The van der Waals surface area contributed by atoms with Gasteiger partial charge in [-0.1, -0.05) is 24.9 Å². The largest absolute Gasteiger partial charge is 0.355 e. The number of carbonyl (C=O) groups is 2. The van der Waals surface area contributed by atoms with Crippen molar-refractivity contribution in [2.24, 2.45) is 0 Å². The first-order valence-corrected chi connectivity index (χ1v) is 11.3. The monoisotopic (exact) mass is 471 g/mol. The first-order chi connectivity index (χ1) is 15.4. The van der Waals surface area contributed by atoms with Crippen LogP contribution in [0.25, 0.3) is 11.4 Å². The van der Waals surface area contributed by atoms with Crippen molar-refractivity contribution >= 4 is 41.3 Å². The van der Waals surface area contributed by atoms with Gasteiger partial charge in [-0.25, -0.2) is 4.68 Å². The third kappa shape index (κ3) is 5.83. The van der Waals surface area contributed by atoms with Crippen LogP contribution in [0.15, 0.2) is 48.5 Å². The van der Waals surface area contributed by atoms with Gasteiger partial charge in [0.2, 0.25) is 5.91 Å². The van der Waals surface area contributed by atoms with Crippen LogP contribution in [-0.4, -0.2) is 33.2 Å². The van der Waals surface area contributed by atoms with E-state index in [9.17, 15) is 9.59 Å². The Labute approximate surface area is 197 Å². The maximum atomic E-state index is 12.5. The standard InChI is InChI=1S/C23H26ClN5O2S/c1-3-4-14-28-21(16-5-9-18(24)10-6-16)27-29(23(28)32)15-13-20(30)26-19-11-7-17(8-12-19)22(31)25-2/h5-12H,3-4,13-15H2,1-2H3,(H,25,31)(H,26,30). The molecule has 3 rings (SSSR count). The maximum Gasteiger partial charge on any atom is 0.251 e. The molecule has 0 unspecified atom stereocenters. The summed E-state index contributed by atoms with van der Waals surface area (Å²) < 4.78 is 4.30. The number of carbonyl (C=O) groups excluding carboxylic acids is 2. The molecule has 0 aliphatic rings. The number of amides is 2. The molecule has 9 heteroatoms. The third-order valence-electron chi connectivity index (χ3n) is 4.97. The molecule has 0 bridgehead atoms. The van der Waals surface area contributed by atoms with Crippen molar-refractivity contribution in [1.29, 1.82) is 0 Å². The molecule has 0 atom stereocenters. The van der Waals surface area contributed by atoms with Gasteiger partial charge >= 0.3 is 0 Å². The van der Waals surface area contributed by atoms with Crippen LogP contribution in [0.4, 0.5) is 5.69 Å². The molecule has 7 nitrogen and oxygen atoms in total. The van der Waals surface area contributed by atoms with Crippen molar-refractivity contribution in [1.82, 2.24) is 19.7 Å². The van der Waals surface area contributed by atoms with Gasteiger partial charge < -0.3 is 10.6 Å². The van der Waals surface area contributed by atoms with E-state index in [0.29, 0.717) is 27.6 Å². The topological polar surface area (TPSA) is 81.0 Å². The van der Waals surface area contributed by atoms with Crippen LogP contribution in [0, 0.1) is 4.77 Å². The van der Waals surface area contributed by atoms with E-state index in [1.165, 1.54) is 0 Å². The molecule has 0 radical (unpaired) electrons. The maximum absolute atomic E-state index is 12.5. The predicted molar refractivity (Wildman–Crippen MR) is 129 cm³/mol. The number of benzene rings is 2. The molecule has 32 heavy (non-hydrogen) atoms. The van der Waals surface area contributed by atoms with Gasteiger partial charge in [-0.3, -0.25) is 14.2 Å². The minimum atomic E-state index is -0.174. The highest BCUT2D eigenvalue weighted by molar-refractivity contribution is 7.71. The normalized spacial score (nSPS) is 10.7. The number of aryl methyl sites for hydroxylation is 1. The summed E-state index contributed by atoms with van der Waals surface area (Å²) in [4.78, 5) is 24.1. The second kappa shape index (κ2) is 11.1. The molecule has 0 aliphatic heterocycles. The summed E-state index contributed by atoms with van der Waals surface area (Å²) in [5.74, 6) is 0.438. The van der Waals surface area contributed by atoms with Gasteiger partial charge in [0.05, 0.1) is 6.54 Å². The molecule has 0 fully saturated rings. The summed E-state index contributed by atoms with van der Waals surface area (Å²) in [7, 11) is 1.57. The fourth-order valence-electron chi connectivity index (χ4n) is 3.20. The van der Waals surface area contributed by atoms with Crippen LogP contribution in [0.1, 0.15) is 36.5 Å². The molecule has 2 amide bonds. The smallest absolute Gasteiger partial charge is 0.251 e. The van der Waals surface area contributed by atoms with E-state index >= 15 is 0 Å². The summed E-state index contributed by atoms with van der Waals surface area (Å²) >= 11 is 11.7. The van der Waals surface area contributed by atoms with Crippen LogP contribution in [0.5, 0.6) is 0 Å². The number of anilines is 1. The van der Waals surface area contributed by atoms with Crippen LogP contribution in [-0.2, 0) is 17.9 Å². The highest BCUT2D eigenvalue weighted by Gasteiger charge is 2.14. The Morgan fingerprint density at radius 1 is 1.06 bits per heavy atom. The van der Waals surface area contributed by atoms with Gasteiger partial charge in [0.15, 0.2) is 10.6 Å². The van der Waals surface area contributed by atoms with Crippen LogP contribution >= 0.6 is 23.8 Å². The van der Waals surface area contributed by atoms with Crippen LogP contribution < -0.4 is 10.6 Å². The minimum absolute atomic E-state index is 0.157. The van der Waals surface area contributed by atoms with E-state index in [1.807, 2.05) is 28.8 Å².